The van der Waals surface area contributed by atoms with Gasteiger partial charge in [-0.15, -0.1) is 0 Å². The Bertz CT molecular complexity index is 529. The molecule has 0 aliphatic rings. The number of carbonyl (C=O) groups is 1. The van der Waals surface area contributed by atoms with Crippen LogP contribution in [0.1, 0.15) is 37.6 Å². The van der Waals surface area contributed by atoms with Gasteiger partial charge < -0.3 is 4.74 Å². The topological polar surface area (TPSA) is 60.4 Å². The number of hydrogen-bond donors (Lipinski definition) is 0. The first kappa shape index (κ1) is 16.7. The molecule has 112 valence electrons. The first-order chi connectivity index (χ1) is 9.34. The molecule has 20 heavy (non-hydrogen) atoms. The summed E-state index contributed by atoms with van der Waals surface area (Å²) in [6.07, 6.45) is 0.582. The van der Waals surface area contributed by atoms with Gasteiger partial charge in [-0.3, -0.25) is 4.79 Å². The molecule has 5 heteroatoms. The van der Waals surface area contributed by atoms with E-state index in [1.807, 2.05) is 20.8 Å². The van der Waals surface area contributed by atoms with Crippen molar-refractivity contribution in [3.8, 4) is 5.75 Å². The van der Waals surface area contributed by atoms with Crippen LogP contribution < -0.4 is 4.74 Å². The van der Waals surface area contributed by atoms with Gasteiger partial charge in [-0.2, -0.15) is 0 Å². The lowest BCUT2D eigenvalue weighted by atomic mass is 10.1. The molecular formula is C15H22O4S. The number of rotatable bonds is 8. The van der Waals surface area contributed by atoms with Gasteiger partial charge in [0.2, 0.25) is 0 Å². The number of benzene rings is 1. The highest BCUT2D eigenvalue weighted by Crippen LogP contribution is 2.13. The highest BCUT2D eigenvalue weighted by Gasteiger charge is 2.18. The van der Waals surface area contributed by atoms with E-state index in [0.717, 1.165) is 0 Å². The summed E-state index contributed by atoms with van der Waals surface area (Å²) >= 11 is 0. The third kappa shape index (κ3) is 5.74. The van der Waals surface area contributed by atoms with Crippen LogP contribution in [0.2, 0.25) is 0 Å². The van der Waals surface area contributed by atoms with E-state index in [9.17, 15) is 13.2 Å². The van der Waals surface area contributed by atoms with Gasteiger partial charge >= 0.3 is 0 Å². The van der Waals surface area contributed by atoms with Gasteiger partial charge in [0.25, 0.3) is 0 Å². The Balaban J connectivity index is 2.66. The number of carbonyl (C=O) groups excluding carboxylic acids is 1. The van der Waals surface area contributed by atoms with E-state index in [4.69, 9.17) is 4.74 Å². The van der Waals surface area contributed by atoms with E-state index in [1.165, 1.54) is 0 Å². The predicted octanol–water partition coefficient (Wildman–Crippen LogP) is 2.73. The molecular weight excluding hydrogens is 276 g/mol. The van der Waals surface area contributed by atoms with E-state index < -0.39 is 15.6 Å². The lowest BCUT2D eigenvalue weighted by Crippen LogP contribution is -2.20. The molecule has 1 aromatic carbocycles. The standard InChI is InChI=1S/C15H22O4S/c1-4-19-14-7-5-13(6-8-14)15(16)11-20(17,18)10-9-12(2)3/h5-8,12H,4,9-11H2,1-3H3. The van der Waals surface area contributed by atoms with Gasteiger partial charge in [0, 0.05) is 5.56 Å². The highest BCUT2D eigenvalue weighted by atomic mass is 32.2. The first-order valence-electron chi connectivity index (χ1n) is 6.80. The summed E-state index contributed by atoms with van der Waals surface area (Å²) in [4.78, 5) is 12.0. The van der Waals surface area contributed by atoms with Crippen molar-refractivity contribution < 1.29 is 17.9 Å². The number of ketones is 1. The largest absolute Gasteiger partial charge is 0.494 e. The van der Waals surface area contributed by atoms with Crippen molar-refractivity contribution in [3.63, 3.8) is 0 Å². The molecule has 0 unspecified atom stereocenters. The molecule has 0 aliphatic carbocycles. The lowest BCUT2D eigenvalue weighted by Gasteiger charge is -2.07. The summed E-state index contributed by atoms with van der Waals surface area (Å²) < 4.78 is 29.0. The van der Waals surface area contributed by atoms with Crippen LogP contribution in [0, 0.1) is 5.92 Å². The maximum Gasteiger partial charge on any atom is 0.177 e. The Kier molecular flexibility index (Phi) is 6.20. The Labute approximate surface area is 121 Å². The second kappa shape index (κ2) is 7.43. The first-order valence-corrected chi connectivity index (χ1v) is 8.62. The van der Waals surface area contributed by atoms with Crippen LogP contribution in [0.15, 0.2) is 24.3 Å². The van der Waals surface area contributed by atoms with Gasteiger partial charge in [0.05, 0.1) is 12.4 Å². The second-order valence-corrected chi connectivity index (χ2v) is 7.34. The van der Waals surface area contributed by atoms with Crippen molar-refractivity contribution in [3.05, 3.63) is 29.8 Å². The molecule has 0 bridgehead atoms. The predicted molar refractivity (Wildman–Crippen MR) is 80.1 cm³/mol. The van der Waals surface area contributed by atoms with E-state index in [1.54, 1.807) is 24.3 Å². The third-order valence-electron chi connectivity index (χ3n) is 2.84. The van der Waals surface area contributed by atoms with Crippen molar-refractivity contribution in [2.45, 2.75) is 27.2 Å². The molecule has 0 saturated carbocycles. The molecule has 0 fully saturated rings. The Morgan fingerprint density at radius 3 is 2.30 bits per heavy atom. The lowest BCUT2D eigenvalue weighted by molar-refractivity contribution is 0.102. The van der Waals surface area contributed by atoms with Crippen LogP contribution in [0.4, 0.5) is 0 Å². The van der Waals surface area contributed by atoms with E-state index in [2.05, 4.69) is 0 Å². The zero-order valence-electron chi connectivity index (χ0n) is 12.3. The molecule has 0 spiro atoms. The van der Waals surface area contributed by atoms with Gasteiger partial charge in [0.1, 0.15) is 11.5 Å². The summed E-state index contributed by atoms with van der Waals surface area (Å²) in [7, 11) is -3.33. The van der Waals surface area contributed by atoms with Crippen molar-refractivity contribution in [1.82, 2.24) is 0 Å². The minimum atomic E-state index is -3.33. The van der Waals surface area contributed by atoms with Gasteiger partial charge in [-0.1, -0.05) is 13.8 Å². The number of hydrogen-bond acceptors (Lipinski definition) is 4. The fourth-order valence-electron chi connectivity index (χ4n) is 1.67. The van der Waals surface area contributed by atoms with Gasteiger partial charge in [0.15, 0.2) is 15.6 Å². The Morgan fingerprint density at radius 2 is 1.80 bits per heavy atom. The molecule has 0 radical (unpaired) electrons. The van der Waals surface area contributed by atoms with Crippen LogP contribution >= 0.6 is 0 Å². The minimum absolute atomic E-state index is 0.0629. The van der Waals surface area contributed by atoms with Gasteiger partial charge in [-0.05, 0) is 43.5 Å². The third-order valence-corrected chi connectivity index (χ3v) is 4.40. The molecule has 0 heterocycles. The van der Waals surface area contributed by atoms with Crippen molar-refractivity contribution in [2.24, 2.45) is 5.92 Å². The quantitative estimate of drug-likeness (QED) is 0.692. The summed E-state index contributed by atoms with van der Waals surface area (Å²) in [5, 5.41) is 0. The van der Waals surface area contributed by atoms with Gasteiger partial charge in [-0.25, -0.2) is 8.42 Å². The average Bonchev–Trinajstić information content (AvgIpc) is 2.37. The molecule has 4 nitrogen and oxygen atoms in total. The number of ether oxygens (including phenoxy) is 1. The molecule has 0 aliphatic heterocycles. The van der Waals surface area contributed by atoms with Crippen molar-refractivity contribution >= 4 is 15.6 Å². The monoisotopic (exact) mass is 298 g/mol. The summed E-state index contributed by atoms with van der Waals surface area (Å²) in [5.41, 5.74) is 0.404. The minimum Gasteiger partial charge on any atom is -0.494 e. The molecule has 0 saturated heterocycles. The zero-order valence-corrected chi connectivity index (χ0v) is 13.1. The molecule has 0 atom stereocenters. The maximum absolute atomic E-state index is 12.0. The maximum atomic E-state index is 12.0. The normalized spacial score (nSPS) is 11.6. The number of Topliss-reactive ketones (excluding diaryl/α,β-unsaturated/α-hetero) is 1. The zero-order chi connectivity index (χ0) is 15.2. The fraction of sp³-hybridized carbons (Fsp3) is 0.533. The van der Waals surface area contributed by atoms with Crippen LogP contribution in [0.25, 0.3) is 0 Å². The Morgan fingerprint density at radius 1 is 1.20 bits per heavy atom. The molecule has 0 amide bonds. The molecule has 0 N–H and O–H groups in total. The molecule has 1 aromatic rings. The SMILES string of the molecule is CCOc1ccc(C(=O)CS(=O)(=O)CCC(C)C)cc1. The summed E-state index contributed by atoms with van der Waals surface area (Å²) in [6, 6.07) is 6.56. The van der Waals surface area contributed by atoms with Crippen LogP contribution in [0.3, 0.4) is 0 Å². The smallest absolute Gasteiger partial charge is 0.177 e. The van der Waals surface area contributed by atoms with E-state index in [0.29, 0.717) is 30.3 Å². The average molecular weight is 298 g/mol. The van der Waals surface area contributed by atoms with Crippen molar-refractivity contribution in [1.29, 1.82) is 0 Å². The van der Waals surface area contributed by atoms with Crippen molar-refractivity contribution in [2.75, 3.05) is 18.1 Å². The molecule has 1 rings (SSSR count). The van der Waals surface area contributed by atoms with E-state index >= 15 is 0 Å². The Hall–Kier alpha value is -1.36. The summed E-state index contributed by atoms with van der Waals surface area (Å²) in [5.74, 6) is 0.259. The molecule has 0 aromatic heterocycles. The fourth-order valence-corrected chi connectivity index (χ4v) is 3.22. The number of sulfone groups is 1. The second-order valence-electron chi connectivity index (χ2n) is 5.16. The van der Waals surface area contributed by atoms with Crippen LogP contribution in [-0.4, -0.2) is 32.3 Å². The van der Waals surface area contributed by atoms with Crippen LogP contribution in [0.5, 0.6) is 5.75 Å². The van der Waals surface area contributed by atoms with E-state index in [-0.39, 0.29) is 11.5 Å². The summed E-state index contributed by atoms with van der Waals surface area (Å²) in [6.45, 7) is 6.35. The highest BCUT2D eigenvalue weighted by molar-refractivity contribution is 7.92. The van der Waals surface area contributed by atoms with Crippen LogP contribution in [-0.2, 0) is 9.84 Å².